The van der Waals surface area contributed by atoms with E-state index in [0.29, 0.717) is 22.7 Å². The van der Waals surface area contributed by atoms with E-state index >= 15 is 0 Å². The van der Waals surface area contributed by atoms with Crippen LogP contribution in [-0.2, 0) is 6.42 Å². The first-order valence-corrected chi connectivity index (χ1v) is 5.88. The van der Waals surface area contributed by atoms with Crippen molar-refractivity contribution in [3.8, 4) is 11.5 Å². The van der Waals surface area contributed by atoms with Gasteiger partial charge >= 0.3 is 0 Å². The molecule has 1 aromatic heterocycles. The first kappa shape index (κ1) is 11.5. The molecule has 0 amide bonds. The average Bonchev–Trinajstić information content (AvgIpc) is 2.71. The summed E-state index contributed by atoms with van der Waals surface area (Å²) in [6.07, 6.45) is 0.476. The molecule has 0 aliphatic carbocycles. The van der Waals surface area contributed by atoms with E-state index in [2.05, 4.69) is 26.1 Å². The molecule has 0 saturated heterocycles. The Kier molecular flexibility index (Phi) is 3.56. The van der Waals surface area contributed by atoms with E-state index in [9.17, 15) is 4.39 Å². The number of halogens is 3. The molecular formula is C10H7BrClFN2O. The van der Waals surface area contributed by atoms with Gasteiger partial charge < -0.3 is 4.42 Å². The van der Waals surface area contributed by atoms with Gasteiger partial charge in [0.05, 0.1) is 10.0 Å². The summed E-state index contributed by atoms with van der Waals surface area (Å²) in [5.74, 6) is 0.551. The Bertz CT molecular complexity index is 503. The van der Waals surface area contributed by atoms with Crippen LogP contribution in [0.2, 0.25) is 0 Å². The molecule has 0 saturated carbocycles. The Morgan fingerprint density at radius 3 is 2.94 bits per heavy atom. The molecule has 0 spiro atoms. The number of hydrogen-bond acceptors (Lipinski definition) is 3. The van der Waals surface area contributed by atoms with Crippen molar-refractivity contribution in [2.45, 2.75) is 6.42 Å². The van der Waals surface area contributed by atoms with Crippen LogP contribution in [0.15, 0.2) is 27.1 Å². The topological polar surface area (TPSA) is 38.9 Å². The highest BCUT2D eigenvalue weighted by Crippen LogP contribution is 2.26. The van der Waals surface area contributed by atoms with Crippen molar-refractivity contribution in [3.63, 3.8) is 0 Å². The fourth-order valence-electron chi connectivity index (χ4n) is 1.21. The average molecular weight is 306 g/mol. The Morgan fingerprint density at radius 2 is 2.19 bits per heavy atom. The van der Waals surface area contributed by atoms with Crippen LogP contribution in [-0.4, -0.2) is 16.1 Å². The molecule has 0 radical (unpaired) electrons. The van der Waals surface area contributed by atoms with E-state index in [1.807, 2.05) is 0 Å². The van der Waals surface area contributed by atoms with E-state index in [1.165, 1.54) is 0 Å². The number of aryl methyl sites for hydroxylation is 1. The zero-order valence-corrected chi connectivity index (χ0v) is 10.4. The second-order valence-corrected chi connectivity index (χ2v) is 4.27. The summed E-state index contributed by atoms with van der Waals surface area (Å²) in [5.41, 5.74) is 0.280. The fraction of sp³-hybridized carbons (Fsp3) is 0.200. The van der Waals surface area contributed by atoms with E-state index in [0.717, 1.165) is 0 Å². The zero-order valence-electron chi connectivity index (χ0n) is 8.08. The maximum absolute atomic E-state index is 13.7. The monoisotopic (exact) mass is 304 g/mol. The first-order chi connectivity index (χ1) is 7.72. The van der Waals surface area contributed by atoms with Gasteiger partial charge in [-0.15, -0.1) is 21.8 Å². The van der Waals surface area contributed by atoms with E-state index in [1.54, 1.807) is 18.2 Å². The molecule has 0 bridgehead atoms. The normalized spacial score (nSPS) is 10.7. The van der Waals surface area contributed by atoms with Gasteiger partial charge in [0.15, 0.2) is 0 Å². The summed E-state index contributed by atoms with van der Waals surface area (Å²) in [4.78, 5) is 0. The maximum Gasteiger partial charge on any atom is 0.250 e. The summed E-state index contributed by atoms with van der Waals surface area (Å²) in [7, 11) is 0. The van der Waals surface area contributed by atoms with Gasteiger partial charge in [-0.2, -0.15) is 0 Å². The lowest BCUT2D eigenvalue weighted by Gasteiger charge is -1.98. The summed E-state index contributed by atoms with van der Waals surface area (Å²) < 4.78 is 19.3. The van der Waals surface area contributed by atoms with Crippen LogP contribution in [0.3, 0.4) is 0 Å². The molecule has 0 atom stereocenters. The van der Waals surface area contributed by atoms with Gasteiger partial charge in [-0.25, -0.2) is 4.39 Å². The Morgan fingerprint density at radius 1 is 1.38 bits per heavy atom. The van der Waals surface area contributed by atoms with Gasteiger partial charge in [0, 0.05) is 12.3 Å². The van der Waals surface area contributed by atoms with Crippen molar-refractivity contribution in [1.82, 2.24) is 10.2 Å². The molecule has 1 aromatic carbocycles. The minimum absolute atomic E-state index is 0.166. The summed E-state index contributed by atoms with van der Waals surface area (Å²) in [6.45, 7) is 0. The molecule has 0 N–H and O–H groups in total. The quantitative estimate of drug-likeness (QED) is 0.816. The summed E-state index contributed by atoms with van der Waals surface area (Å²) in [5, 5.41) is 7.54. The predicted molar refractivity (Wildman–Crippen MR) is 61.8 cm³/mol. The van der Waals surface area contributed by atoms with Crippen LogP contribution < -0.4 is 0 Å². The summed E-state index contributed by atoms with van der Waals surface area (Å²) in [6, 6.07) is 4.89. The van der Waals surface area contributed by atoms with Gasteiger partial charge in [-0.1, -0.05) is 6.07 Å². The van der Waals surface area contributed by atoms with Gasteiger partial charge in [0.2, 0.25) is 5.89 Å². The molecule has 6 heteroatoms. The molecule has 16 heavy (non-hydrogen) atoms. The van der Waals surface area contributed by atoms with Crippen molar-refractivity contribution in [3.05, 3.63) is 34.4 Å². The number of rotatable bonds is 3. The fourth-order valence-corrected chi connectivity index (χ4v) is 1.74. The van der Waals surface area contributed by atoms with Crippen molar-refractivity contribution in [2.75, 3.05) is 5.88 Å². The van der Waals surface area contributed by atoms with Gasteiger partial charge in [0.1, 0.15) is 5.82 Å². The third kappa shape index (κ3) is 2.25. The minimum atomic E-state index is -0.413. The maximum atomic E-state index is 13.7. The first-order valence-electron chi connectivity index (χ1n) is 4.55. The predicted octanol–water partition coefficient (Wildman–Crippen LogP) is 3.42. The van der Waals surface area contributed by atoms with Crippen LogP contribution in [0, 0.1) is 5.82 Å². The summed E-state index contributed by atoms with van der Waals surface area (Å²) >= 11 is 8.63. The third-order valence-electron chi connectivity index (χ3n) is 1.96. The van der Waals surface area contributed by atoms with E-state index < -0.39 is 5.82 Å². The van der Waals surface area contributed by atoms with Crippen LogP contribution >= 0.6 is 27.5 Å². The van der Waals surface area contributed by atoms with Crippen LogP contribution in [0.5, 0.6) is 0 Å². The number of hydrogen-bond donors (Lipinski definition) is 0. The number of alkyl halides is 1. The lowest BCUT2D eigenvalue weighted by atomic mass is 10.2. The molecule has 0 fully saturated rings. The Labute approximate surface area is 105 Å². The molecule has 3 nitrogen and oxygen atoms in total. The van der Waals surface area contributed by atoms with Crippen molar-refractivity contribution < 1.29 is 8.81 Å². The largest absolute Gasteiger partial charge is 0.421 e. The molecule has 0 aliphatic rings. The van der Waals surface area contributed by atoms with E-state index in [-0.39, 0.29) is 11.5 Å². The minimum Gasteiger partial charge on any atom is -0.421 e. The highest BCUT2D eigenvalue weighted by atomic mass is 79.9. The standard InChI is InChI=1S/C10H7BrClFN2O/c11-7-3-1-2-6(9(7)13)10-15-14-8(16-10)4-5-12/h1-3H,4-5H2. The molecule has 84 valence electrons. The van der Waals surface area contributed by atoms with Crippen LogP contribution in [0.25, 0.3) is 11.5 Å². The highest BCUT2D eigenvalue weighted by molar-refractivity contribution is 9.10. The SMILES string of the molecule is Fc1c(Br)cccc1-c1nnc(CCCl)o1. The Balaban J connectivity index is 2.39. The lowest BCUT2D eigenvalue weighted by molar-refractivity contribution is 0.508. The second-order valence-electron chi connectivity index (χ2n) is 3.04. The number of aromatic nitrogens is 2. The molecular weight excluding hydrogens is 298 g/mol. The molecule has 0 unspecified atom stereocenters. The van der Waals surface area contributed by atoms with Gasteiger partial charge in [-0.05, 0) is 28.1 Å². The van der Waals surface area contributed by atoms with Gasteiger partial charge in [0.25, 0.3) is 5.89 Å². The van der Waals surface area contributed by atoms with Crippen molar-refractivity contribution >= 4 is 27.5 Å². The van der Waals surface area contributed by atoms with Crippen LogP contribution in [0.4, 0.5) is 4.39 Å². The number of nitrogens with zero attached hydrogens (tertiary/aromatic N) is 2. The van der Waals surface area contributed by atoms with Gasteiger partial charge in [-0.3, -0.25) is 0 Å². The second kappa shape index (κ2) is 4.93. The smallest absolute Gasteiger partial charge is 0.250 e. The zero-order chi connectivity index (χ0) is 11.5. The lowest BCUT2D eigenvalue weighted by Crippen LogP contribution is -1.85. The number of benzene rings is 1. The van der Waals surface area contributed by atoms with E-state index in [4.69, 9.17) is 16.0 Å². The van der Waals surface area contributed by atoms with Crippen LogP contribution in [0.1, 0.15) is 5.89 Å². The molecule has 1 heterocycles. The molecule has 0 aliphatic heterocycles. The third-order valence-corrected chi connectivity index (χ3v) is 2.76. The molecule has 2 rings (SSSR count). The Hall–Kier alpha value is -0.940. The highest BCUT2D eigenvalue weighted by Gasteiger charge is 2.14. The molecule has 2 aromatic rings. The van der Waals surface area contributed by atoms with Crippen molar-refractivity contribution in [1.29, 1.82) is 0 Å². The van der Waals surface area contributed by atoms with Crippen molar-refractivity contribution in [2.24, 2.45) is 0 Å².